The van der Waals surface area contributed by atoms with Crippen LogP contribution in [0.4, 0.5) is 0 Å². The fraction of sp³-hybridized carbons (Fsp3) is 0.909. The van der Waals surface area contributed by atoms with Gasteiger partial charge in [-0.15, -0.1) is 0 Å². The molecule has 0 saturated carbocycles. The van der Waals surface area contributed by atoms with Gasteiger partial charge in [0, 0.05) is 12.8 Å². The molecule has 6 heteroatoms. The van der Waals surface area contributed by atoms with Gasteiger partial charge in [0.1, 0.15) is 0 Å². The number of rotatable bonds is 61. The first-order valence-electron chi connectivity index (χ1n) is 32.6. The summed E-state index contributed by atoms with van der Waals surface area (Å²) in [6.07, 6.45) is 76.6. The molecule has 426 valence electrons. The molecule has 0 aliphatic rings. The molecule has 0 aliphatic heterocycles. The second-order valence-corrected chi connectivity index (χ2v) is 22.5. The topological polar surface area (TPSA) is 95.9 Å². The maximum atomic E-state index is 12.5. The van der Waals surface area contributed by atoms with Crippen molar-refractivity contribution in [1.29, 1.82) is 0 Å². The molecule has 0 spiro atoms. The lowest BCUT2D eigenvalue weighted by Crippen LogP contribution is -2.45. The summed E-state index contributed by atoms with van der Waals surface area (Å²) in [5.41, 5.74) is 0. The molecule has 2 unspecified atom stereocenters. The van der Waals surface area contributed by atoms with Gasteiger partial charge in [0.2, 0.25) is 5.91 Å². The Hall–Kier alpha value is -1.66. The van der Waals surface area contributed by atoms with E-state index in [1.54, 1.807) is 6.08 Å². The Kier molecular flexibility index (Phi) is 60.5. The summed E-state index contributed by atoms with van der Waals surface area (Å²) in [5.74, 6) is -0.0530. The van der Waals surface area contributed by atoms with E-state index in [0.717, 1.165) is 38.5 Å². The highest BCUT2D eigenvalue weighted by molar-refractivity contribution is 5.76. The first-order chi connectivity index (χ1) is 35.5. The Morgan fingerprint density at radius 2 is 0.653 bits per heavy atom. The van der Waals surface area contributed by atoms with Gasteiger partial charge in [-0.1, -0.05) is 314 Å². The molecule has 0 bridgehead atoms. The maximum Gasteiger partial charge on any atom is 0.305 e. The first kappa shape index (κ1) is 70.3. The van der Waals surface area contributed by atoms with Crippen molar-refractivity contribution in [1.82, 2.24) is 5.32 Å². The zero-order valence-corrected chi connectivity index (χ0v) is 48.7. The van der Waals surface area contributed by atoms with E-state index >= 15 is 0 Å². The summed E-state index contributed by atoms with van der Waals surface area (Å²) in [6.45, 7) is 4.93. The number of carbonyl (C=O) groups excluding carboxylic acids is 2. The van der Waals surface area contributed by atoms with Gasteiger partial charge in [-0.2, -0.15) is 0 Å². The summed E-state index contributed by atoms with van der Waals surface area (Å²) in [7, 11) is 0. The zero-order valence-electron chi connectivity index (χ0n) is 48.7. The van der Waals surface area contributed by atoms with E-state index in [1.165, 1.54) is 295 Å². The molecule has 0 aromatic rings. The van der Waals surface area contributed by atoms with Crippen LogP contribution in [0.1, 0.15) is 361 Å². The third-order valence-corrected chi connectivity index (χ3v) is 15.2. The van der Waals surface area contributed by atoms with Crippen molar-refractivity contribution in [3.8, 4) is 0 Å². The summed E-state index contributed by atoms with van der Waals surface area (Å²) in [4.78, 5) is 24.5. The van der Waals surface area contributed by atoms with Gasteiger partial charge in [-0.25, -0.2) is 0 Å². The van der Waals surface area contributed by atoms with Crippen molar-refractivity contribution < 1.29 is 24.5 Å². The van der Waals surface area contributed by atoms with E-state index < -0.39 is 12.1 Å². The fourth-order valence-corrected chi connectivity index (χ4v) is 10.2. The highest BCUT2D eigenvalue weighted by Gasteiger charge is 2.18. The second kappa shape index (κ2) is 61.9. The van der Waals surface area contributed by atoms with Gasteiger partial charge in [-0.3, -0.25) is 9.59 Å². The number of aliphatic hydroxyl groups excluding tert-OH is 2. The van der Waals surface area contributed by atoms with E-state index in [4.69, 9.17) is 4.74 Å². The molecule has 3 N–H and O–H groups in total. The molecule has 72 heavy (non-hydrogen) atoms. The van der Waals surface area contributed by atoms with Gasteiger partial charge in [0.25, 0.3) is 0 Å². The van der Waals surface area contributed by atoms with Crippen LogP contribution in [0.2, 0.25) is 0 Å². The van der Waals surface area contributed by atoms with Crippen molar-refractivity contribution in [2.75, 3.05) is 13.2 Å². The van der Waals surface area contributed by atoms with Crippen LogP contribution >= 0.6 is 0 Å². The molecule has 0 aromatic heterocycles. The molecule has 0 heterocycles. The van der Waals surface area contributed by atoms with Crippen molar-refractivity contribution in [2.24, 2.45) is 0 Å². The average molecular weight is 1010 g/mol. The number of esters is 1. The van der Waals surface area contributed by atoms with Crippen molar-refractivity contribution >= 4 is 11.9 Å². The molecule has 0 radical (unpaired) electrons. The lowest BCUT2D eigenvalue weighted by atomic mass is 10.0. The largest absolute Gasteiger partial charge is 0.466 e. The summed E-state index contributed by atoms with van der Waals surface area (Å²) >= 11 is 0. The minimum atomic E-state index is -0.846. The van der Waals surface area contributed by atoms with Gasteiger partial charge in [0.15, 0.2) is 0 Å². The minimum absolute atomic E-state index is 0.0140. The predicted octanol–water partition coefficient (Wildman–Crippen LogP) is 20.6. The van der Waals surface area contributed by atoms with Crippen molar-refractivity contribution in [2.45, 2.75) is 373 Å². The Balaban J connectivity index is 3.42. The maximum absolute atomic E-state index is 12.5. The molecule has 0 saturated heterocycles. The molecule has 6 nitrogen and oxygen atoms in total. The number of ether oxygens (including phenoxy) is 1. The van der Waals surface area contributed by atoms with E-state index in [2.05, 4.69) is 31.3 Å². The molecule has 0 aromatic carbocycles. The van der Waals surface area contributed by atoms with Gasteiger partial charge in [0.05, 0.1) is 25.4 Å². The van der Waals surface area contributed by atoms with E-state index in [0.29, 0.717) is 19.4 Å². The Bertz CT molecular complexity index is 1120. The Morgan fingerprint density at radius 3 is 0.986 bits per heavy atom. The quantitative estimate of drug-likeness (QED) is 0.0320. The first-order valence-corrected chi connectivity index (χ1v) is 32.6. The average Bonchev–Trinajstić information content (AvgIpc) is 3.38. The van der Waals surface area contributed by atoms with Gasteiger partial charge >= 0.3 is 5.97 Å². The van der Waals surface area contributed by atoms with Crippen LogP contribution in [-0.4, -0.2) is 47.4 Å². The number of amides is 1. The zero-order chi connectivity index (χ0) is 52.2. The third kappa shape index (κ3) is 57.6. The number of carbonyl (C=O) groups is 2. The summed E-state index contributed by atoms with van der Waals surface area (Å²) in [5, 5.41) is 23.2. The molecule has 0 aliphatic carbocycles. The van der Waals surface area contributed by atoms with Crippen molar-refractivity contribution in [3.63, 3.8) is 0 Å². The normalized spacial score (nSPS) is 12.7. The summed E-state index contributed by atoms with van der Waals surface area (Å²) < 4.78 is 5.47. The molecule has 2 atom stereocenters. The fourth-order valence-electron chi connectivity index (χ4n) is 10.2. The predicted molar refractivity (Wildman–Crippen MR) is 315 cm³/mol. The number of hydrogen-bond donors (Lipinski definition) is 3. The molecule has 1 amide bonds. The van der Waals surface area contributed by atoms with E-state index in [9.17, 15) is 19.8 Å². The summed E-state index contributed by atoms with van der Waals surface area (Å²) in [6, 6.07) is -0.629. The number of allylic oxidation sites excluding steroid dienone is 3. The molecule has 0 rings (SSSR count). The standard InChI is InChI=1S/C66H127NO5/c1-3-5-7-9-11-13-15-16-17-18-29-32-35-39-42-46-50-54-58-64(69)63(62-68)67-65(70)59-55-51-47-43-40-36-33-30-27-25-23-21-19-20-22-24-26-28-31-34-37-41-45-49-53-57-61-72-66(71)60-56-52-48-44-38-14-12-10-8-6-4-2/h19,21,54,58,63-64,68-69H,3-18,20,22-53,55-57,59-62H2,1-2H3,(H,67,70)/b21-19-,58-54+. The smallest absolute Gasteiger partial charge is 0.305 e. The highest BCUT2D eigenvalue weighted by atomic mass is 16.5. The van der Waals surface area contributed by atoms with Crippen LogP contribution in [0.5, 0.6) is 0 Å². The van der Waals surface area contributed by atoms with E-state index in [1.807, 2.05) is 6.08 Å². The van der Waals surface area contributed by atoms with Crippen LogP contribution in [0.15, 0.2) is 24.3 Å². The van der Waals surface area contributed by atoms with Gasteiger partial charge in [-0.05, 0) is 57.8 Å². The lowest BCUT2D eigenvalue weighted by molar-refractivity contribution is -0.143. The lowest BCUT2D eigenvalue weighted by Gasteiger charge is -2.20. The van der Waals surface area contributed by atoms with Crippen LogP contribution in [0.25, 0.3) is 0 Å². The van der Waals surface area contributed by atoms with Gasteiger partial charge < -0.3 is 20.3 Å². The Morgan fingerprint density at radius 1 is 0.375 bits per heavy atom. The van der Waals surface area contributed by atoms with Crippen LogP contribution in [-0.2, 0) is 14.3 Å². The molecule has 0 fully saturated rings. The second-order valence-electron chi connectivity index (χ2n) is 22.5. The number of unbranched alkanes of at least 4 members (excludes halogenated alkanes) is 48. The van der Waals surface area contributed by atoms with Crippen molar-refractivity contribution in [3.05, 3.63) is 24.3 Å². The van der Waals surface area contributed by atoms with Crippen LogP contribution in [0, 0.1) is 0 Å². The van der Waals surface area contributed by atoms with Crippen LogP contribution in [0.3, 0.4) is 0 Å². The van der Waals surface area contributed by atoms with E-state index in [-0.39, 0.29) is 18.5 Å². The molecular formula is C66H127NO5. The third-order valence-electron chi connectivity index (χ3n) is 15.2. The minimum Gasteiger partial charge on any atom is -0.466 e. The SMILES string of the molecule is CCCCCCCCCCCCCCCCCC/C=C/C(O)C(CO)NC(=O)CCCCCCCCCCCC/C=C\CCCCCCCCCCCCCCOC(=O)CCCCCCCCCCCCC. The highest BCUT2D eigenvalue weighted by Crippen LogP contribution is 2.18. The Labute approximate surface area is 450 Å². The monoisotopic (exact) mass is 1010 g/mol. The number of hydrogen-bond acceptors (Lipinski definition) is 5. The van der Waals surface area contributed by atoms with Crippen LogP contribution < -0.4 is 5.32 Å². The number of nitrogens with one attached hydrogen (secondary N) is 1. The number of aliphatic hydroxyl groups is 2. The molecular weight excluding hydrogens is 887 g/mol.